The summed E-state index contributed by atoms with van der Waals surface area (Å²) in [5, 5.41) is 14.9. The standard InChI is InChI=1S/C6H7N3O2/c10-6(11)4-1-3(4)5-7-2-8-9-5/h2-4H,1H2,(H,10,11)(H,7,8,9)/t3-,4+/m1/s1. The topological polar surface area (TPSA) is 78.9 Å². The van der Waals surface area contributed by atoms with Crippen molar-refractivity contribution in [2.24, 2.45) is 5.92 Å². The molecule has 1 aliphatic carbocycles. The van der Waals surface area contributed by atoms with E-state index in [0.717, 1.165) is 0 Å². The highest BCUT2D eigenvalue weighted by Crippen LogP contribution is 2.45. The summed E-state index contributed by atoms with van der Waals surface area (Å²) in [7, 11) is 0. The molecule has 2 rings (SSSR count). The first-order chi connectivity index (χ1) is 5.29. The van der Waals surface area contributed by atoms with Crippen molar-refractivity contribution in [2.45, 2.75) is 12.3 Å². The van der Waals surface area contributed by atoms with Gasteiger partial charge >= 0.3 is 5.97 Å². The van der Waals surface area contributed by atoms with E-state index in [1.165, 1.54) is 6.33 Å². The minimum absolute atomic E-state index is 0.0648. The van der Waals surface area contributed by atoms with Gasteiger partial charge in [0.2, 0.25) is 0 Å². The summed E-state index contributed by atoms with van der Waals surface area (Å²) in [6.45, 7) is 0. The van der Waals surface area contributed by atoms with Gasteiger partial charge in [-0.2, -0.15) is 5.10 Å². The normalized spacial score (nSPS) is 28.4. The van der Waals surface area contributed by atoms with E-state index in [9.17, 15) is 4.79 Å². The van der Waals surface area contributed by atoms with Crippen LogP contribution in [0.5, 0.6) is 0 Å². The number of nitrogens with one attached hydrogen (secondary N) is 1. The highest BCUT2D eigenvalue weighted by atomic mass is 16.4. The van der Waals surface area contributed by atoms with Gasteiger partial charge in [-0.1, -0.05) is 0 Å². The van der Waals surface area contributed by atoms with Gasteiger partial charge < -0.3 is 5.11 Å². The second kappa shape index (κ2) is 2.05. The third kappa shape index (κ3) is 0.978. The summed E-state index contributed by atoms with van der Waals surface area (Å²) in [5.74, 6) is -0.234. The van der Waals surface area contributed by atoms with Crippen LogP contribution in [0.25, 0.3) is 0 Å². The number of carbonyl (C=O) groups is 1. The molecule has 0 amide bonds. The summed E-state index contributed by atoms with van der Waals surface area (Å²) in [4.78, 5) is 14.3. The predicted molar refractivity (Wildman–Crippen MR) is 34.9 cm³/mol. The molecular weight excluding hydrogens is 146 g/mol. The first-order valence-electron chi connectivity index (χ1n) is 3.37. The highest BCUT2D eigenvalue weighted by Gasteiger charge is 2.46. The monoisotopic (exact) mass is 153 g/mol. The Morgan fingerprint density at radius 3 is 3.09 bits per heavy atom. The molecule has 1 saturated carbocycles. The minimum atomic E-state index is -0.744. The van der Waals surface area contributed by atoms with Crippen LogP contribution in [0.4, 0.5) is 0 Å². The Morgan fingerprint density at radius 1 is 1.82 bits per heavy atom. The second-order valence-electron chi connectivity index (χ2n) is 2.66. The van der Waals surface area contributed by atoms with Crippen LogP contribution in [0, 0.1) is 5.92 Å². The van der Waals surface area contributed by atoms with E-state index in [1.54, 1.807) is 0 Å². The Kier molecular flexibility index (Phi) is 1.18. The maximum absolute atomic E-state index is 10.4. The number of aromatic nitrogens is 3. The lowest BCUT2D eigenvalue weighted by Crippen LogP contribution is -1.99. The Morgan fingerprint density at radius 2 is 2.64 bits per heavy atom. The molecule has 0 radical (unpaired) electrons. The number of aliphatic carboxylic acids is 1. The number of hydrogen-bond donors (Lipinski definition) is 2. The van der Waals surface area contributed by atoms with Gasteiger partial charge in [0.05, 0.1) is 5.92 Å². The lowest BCUT2D eigenvalue weighted by atomic mass is 10.3. The van der Waals surface area contributed by atoms with Crippen molar-refractivity contribution < 1.29 is 9.90 Å². The Labute approximate surface area is 62.5 Å². The number of carboxylic acid groups (broad SMARTS) is 1. The summed E-state index contributed by atoms with van der Waals surface area (Å²) in [6.07, 6.45) is 2.08. The molecule has 2 N–H and O–H groups in total. The second-order valence-corrected chi connectivity index (χ2v) is 2.66. The Bertz CT molecular complexity index is 269. The summed E-state index contributed by atoms with van der Waals surface area (Å²) in [6, 6.07) is 0. The van der Waals surface area contributed by atoms with E-state index in [4.69, 9.17) is 5.11 Å². The predicted octanol–water partition coefficient (Wildman–Crippen LogP) is -0.00720. The van der Waals surface area contributed by atoms with Crippen LogP contribution in [0.3, 0.4) is 0 Å². The number of aromatic amines is 1. The molecular formula is C6H7N3O2. The molecule has 0 bridgehead atoms. The first kappa shape index (κ1) is 6.33. The van der Waals surface area contributed by atoms with Crippen LogP contribution in [0.2, 0.25) is 0 Å². The van der Waals surface area contributed by atoms with Crippen LogP contribution >= 0.6 is 0 Å². The third-order valence-corrected chi connectivity index (χ3v) is 1.89. The van der Waals surface area contributed by atoms with Crippen LogP contribution in [-0.4, -0.2) is 26.3 Å². The molecule has 58 valence electrons. The molecule has 1 aromatic heterocycles. The van der Waals surface area contributed by atoms with Crippen LogP contribution in [0.15, 0.2) is 6.33 Å². The van der Waals surface area contributed by atoms with E-state index in [-0.39, 0.29) is 11.8 Å². The van der Waals surface area contributed by atoms with Gasteiger partial charge in [-0.05, 0) is 6.42 Å². The molecule has 5 nitrogen and oxygen atoms in total. The lowest BCUT2D eigenvalue weighted by molar-refractivity contribution is -0.138. The fourth-order valence-corrected chi connectivity index (χ4v) is 1.16. The molecule has 5 heteroatoms. The molecule has 0 spiro atoms. The molecule has 1 heterocycles. The van der Waals surface area contributed by atoms with Gasteiger partial charge in [0, 0.05) is 5.92 Å². The van der Waals surface area contributed by atoms with Crippen LogP contribution < -0.4 is 0 Å². The van der Waals surface area contributed by atoms with E-state index < -0.39 is 5.97 Å². The van der Waals surface area contributed by atoms with Crippen LogP contribution in [-0.2, 0) is 4.79 Å². The summed E-state index contributed by atoms with van der Waals surface area (Å²) < 4.78 is 0. The van der Waals surface area contributed by atoms with Crippen molar-refractivity contribution in [1.29, 1.82) is 0 Å². The first-order valence-corrected chi connectivity index (χ1v) is 3.37. The molecule has 1 fully saturated rings. The average molecular weight is 153 g/mol. The number of hydrogen-bond acceptors (Lipinski definition) is 3. The number of nitrogens with zero attached hydrogens (tertiary/aromatic N) is 2. The Hall–Kier alpha value is -1.39. The highest BCUT2D eigenvalue weighted by molar-refractivity contribution is 5.74. The van der Waals surface area contributed by atoms with Crippen molar-refractivity contribution in [1.82, 2.24) is 15.2 Å². The van der Waals surface area contributed by atoms with Crippen LogP contribution in [0.1, 0.15) is 18.2 Å². The third-order valence-electron chi connectivity index (χ3n) is 1.89. The molecule has 2 atom stereocenters. The van der Waals surface area contributed by atoms with E-state index >= 15 is 0 Å². The van der Waals surface area contributed by atoms with Crippen molar-refractivity contribution in [2.75, 3.05) is 0 Å². The SMILES string of the molecule is O=C(O)[C@H]1C[C@H]1c1ncn[nH]1. The number of H-pyrrole nitrogens is 1. The van der Waals surface area contributed by atoms with Gasteiger partial charge in [0.25, 0.3) is 0 Å². The van der Waals surface area contributed by atoms with Crippen molar-refractivity contribution in [3.63, 3.8) is 0 Å². The van der Waals surface area contributed by atoms with E-state index in [1.807, 2.05) is 0 Å². The van der Waals surface area contributed by atoms with Crippen molar-refractivity contribution >= 4 is 5.97 Å². The number of rotatable bonds is 2. The van der Waals surface area contributed by atoms with E-state index in [2.05, 4.69) is 15.2 Å². The Balaban J connectivity index is 2.08. The molecule has 0 saturated heterocycles. The fraction of sp³-hybridized carbons (Fsp3) is 0.500. The maximum Gasteiger partial charge on any atom is 0.307 e. The fourth-order valence-electron chi connectivity index (χ4n) is 1.16. The average Bonchev–Trinajstić information content (AvgIpc) is 2.60. The number of carboxylic acids is 1. The van der Waals surface area contributed by atoms with E-state index in [0.29, 0.717) is 12.2 Å². The molecule has 11 heavy (non-hydrogen) atoms. The lowest BCUT2D eigenvalue weighted by Gasteiger charge is -1.87. The smallest absolute Gasteiger partial charge is 0.307 e. The van der Waals surface area contributed by atoms with Gasteiger partial charge in [-0.3, -0.25) is 9.89 Å². The maximum atomic E-state index is 10.4. The zero-order chi connectivity index (χ0) is 7.84. The van der Waals surface area contributed by atoms with Crippen molar-refractivity contribution in [3.05, 3.63) is 12.2 Å². The van der Waals surface area contributed by atoms with Gasteiger partial charge in [0.1, 0.15) is 12.2 Å². The molecule has 0 aliphatic heterocycles. The quantitative estimate of drug-likeness (QED) is 0.626. The van der Waals surface area contributed by atoms with Gasteiger partial charge in [-0.25, -0.2) is 4.98 Å². The zero-order valence-corrected chi connectivity index (χ0v) is 5.69. The molecule has 0 aromatic carbocycles. The molecule has 1 aromatic rings. The molecule has 1 aliphatic rings. The minimum Gasteiger partial charge on any atom is -0.481 e. The summed E-state index contributed by atoms with van der Waals surface area (Å²) in [5.41, 5.74) is 0. The van der Waals surface area contributed by atoms with Gasteiger partial charge in [-0.15, -0.1) is 0 Å². The molecule has 0 unspecified atom stereocenters. The van der Waals surface area contributed by atoms with Gasteiger partial charge in [0.15, 0.2) is 0 Å². The zero-order valence-electron chi connectivity index (χ0n) is 5.69. The summed E-state index contributed by atoms with van der Waals surface area (Å²) >= 11 is 0. The largest absolute Gasteiger partial charge is 0.481 e. The van der Waals surface area contributed by atoms with Crippen molar-refractivity contribution in [3.8, 4) is 0 Å².